The average molecular weight is 411 g/mol. The summed E-state index contributed by atoms with van der Waals surface area (Å²) < 4.78 is 11.5. The molecular formula is C22H21NO5S. The topological polar surface area (TPSA) is 89.4 Å². The Hall–Kier alpha value is -3.19. The number of H-pyrrole nitrogens is 1. The molecule has 1 N–H and O–H groups in total. The SMILES string of the molecule is COC(=O)c1ccccc1-c1ccc(/C=c2\s/c(=C\C(=O)C(C)(C)C)[nH]c2=O)o1. The predicted molar refractivity (Wildman–Crippen MR) is 112 cm³/mol. The molecule has 0 aliphatic rings. The van der Waals surface area contributed by atoms with Crippen molar-refractivity contribution in [2.45, 2.75) is 20.8 Å². The Morgan fingerprint density at radius 1 is 1.14 bits per heavy atom. The van der Waals surface area contributed by atoms with Crippen molar-refractivity contribution in [3.8, 4) is 11.3 Å². The molecule has 2 heterocycles. The maximum absolute atomic E-state index is 12.2. The third kappa shape index (κ3) is 4.63. The first-order valence-corrected chi connectivity index (χ1v) is 9.75. The fourth-order valence-corrected chi connectivity index (χ4v) is 3.42. The van der Waals surface area contributed by atoms with Crippen LogP contribution in [0.4, 0.5) is 0 Å². The molecule has 0 atom stereocenters. The molecule has 0 radical (unpaired) electrons. The molecule has 0 aliphatic carbocycles. The number of thiazole rings is 1. The first-order valence-electron chi connectivity index (χ1n) is 8.93. The molecule has 0 unspecified atom stereocenters. The van der Waals surface area contributed by atoms with Gasteiger partial charge in [0.15, 0.2) is 5.78 Å². The minimum atomic E-state index is -0.520. The molecule has 0 saturated carbocycles. The molecule has 150 valence electrons. The molecule has 2 aromatic heterocycles. The summed E-state index contributed by atoms with van der Waals surface area (Å²) in [5, 5.41) is 0. The number of hydrogen-bond donors (Lipinski definition) is 1. The minimum absolute atomic E-state index is 0.0683. The lowest BCUT2D eigenvalue weighted by molar-refractivity contribution is -0.119. The van der Waals surface area contributed by atoms with E-state index in [4.69, 9.17) is 9.15 Å². The van der Waals surface area contributed by atoms with Gasteiger partial charge in [0.2, 0.25) is 0 Å². The maximum Gasteiger partial charge on any atom is 0.338 e. The van der Waals surface area contributed by atoms with Gasteiger partial charge in [-0.25, -0.2) is 4.79 Å². The van der Waals surface area contributed by atoms with Crippen molar-refractivity contribution < 1.29 is 18.7 Å². The molecule has 3 aromatic rings. The Balaban J connectivity index is 1.99. The summed E-state index contributed by atoms with van der Waals surface area (Å²) in [6.45, 7) is 5.46. The van der Waals surface area contributed by atoms with E-state index in [1.165, 1.54) is 24.5 Å². The second-order valence-electron chi connectivity index (χ2n) is 7.43. The number of esters is 1. The number of Topliss-reactive ketones (excluding diaryl/α,β-unsaturated/α-hetero) is 1. The van der Waals surface area contributed by atoms with Crippen LogP contribution in [-0.2, 0) is 9.53 Å². The van der Waals surface area contributed by atoms with E-state index < -0.39 is 11.4 Å². The van der Waals surface area contributed by atoms with Crippen LogP contribution in [0.25, 0.3) is 23.5 Å². The number of aromatic amines is 1. The summed E-state index contributed by atoms with van der Waals surface area (Å²) >= 11 is 1.18. The van der Waals surface area contributed by atoms with Crippen LogP contribution in [0, 0.1) is 5.41 Å². The maximum atomic E-state index is 12.2. The number of ketones is 1. The van der Waals surface area contributed by atoms with Gasteiger partial charge < -0.3 is 14.1 Å². The molecule has 0 saturated heterocycles. The van der Waals surface area contributed by atoms with Gasteiger partial charge in [-0.15, -0.1) is 11.3 Å². The molecule has 1 aromatic carbocycles. The van der Waals surface area contributed by atoms with Crippen molar-refractivity contribution in [1.29, 1.82) is 0 Å². The van der Waals surface area contributed by atoms with E-state index in [2.05, 4.69) is 4.98 Å². The van der Waals surface area contributed by atoms with E-state index in [0.717, 1.165) is 0 Å². The Kier molecular flexibility index (Phi) is 5.70. The number of hydrogen-bond acceptors (Lipinski definition) is 6. The van der Waals surface area contributed by atoms with Crippen LogP contribution in [-0.4, -0.2) is 23.8 Å². The van der Waals surface area contributed by atoms with E-state index >= 15 is 0 Å². The quantitative estimate of drug-likeness (QED) is 0.667. The van der Waals surface area contributed by atoms with Gasteiger partial charge in [-0.05, 0) is 18.2 Å². The zero-order valence-electron chi connectivity index (χ0n) is 16.6. The van der Waals surface area contributed by atoms with Gasteiger partial charge in [0.25, 0.3) is 5.56 Å². The summed E-state index contributed by atoms with van der Waals surface area (Å²) in [6, 6.07) is 10.4. The van der Waals surface area contributed by atoms with E-state index in [9.17, 15) is 14.4 Å². The van der Waals surface area contributed by atoms with Gasteiger partial charge in [-0.2, -0.15) is 0 Å². The molecule has 0 spiro atoms. The van der Waals surface area contributed by atoms with Crippen LogP contribution in [0.3, 0.4) is 0 Å². The van der Waals surface area contributed by atoms with E-state index in [0.29, 0.717) is 31.8 Å². The Morgan fingerprint density at radius 2 is 1.86 bits per heavy atom. The Morgan fingerprint density at radius 3 is 2.55 bits per heavy atom. The van der Waals surface area contributed by atoms with Crippen molar-refractivity contribution in [2.75, 3.05) is 7.11 Å². The summed E-state index contributed by atoms with van der Waals surface area (Å²) in [7, 11) is 1.32. The number of benzene rings is 1. The highest BCUT2D eigenvalue weighted by atomic mass is 32.1. The van der Waals surface area contributed by atoms with Crippen molar-refractivity contribution in [1.82, 2.24) is 4.98 Å². The van der Waals surface area contributed by atoms with Crippen molar-refractivity contribution >= 4 is 35.2 Å². The Labute approximate surface area is 171 Å². The number of ether oxygens (including phenoxy) is 1. The van der Waals surface area contributed by atoms with Crippen molar-refractivity contribution in [2.24, 2.45) is 5.41 Å². The predicted octanol–water partition coefficient (Wildman–Crippen LogP) is 2.71. The van der Waals surface area contributed by atoms with E-state index in [-0.39, 0.29) is 11.3 Å². The average Bonchev–Trinajstić information content (AvgIpc) is 3.27. The van der Waals surface area contributed by atoms with Crippen LogP contribution < -0.4 is 14.8 Å². The van der Waals surface area contributed by atoms with Gasteiger partial charge in [0.1, 0.15) is 11.5 Å². The second kappa shape index (κ2) is 8.05. The molecule has 29 heavy (non-hydrogen) atoms. The number of furan rings is 1. The van der Waals surface area contributed by atoms with E-state index in [1.807, 2.05) is 20.8 Å². The molecule has 0 fully saturated rings. The number of nitrogens with one attached hydrogen (secondary N) is 1. The van der Waals surface area contributed by atoms with Crippen LogP contribution >= 0.6 is 11.3 Å². The second-order valence-corrected chi connectivity index (χ2v) is 8.51. The van der Waals surface area contributed by atoms with Crippen LogP contribution in [0.15, 0.2) is 45.6 Å². The van der Waals surface area contributed by atoms with Crippen molar-refractivity contribution in [3.05, 3.63) is 67.3 Å². The molecular weight excluding hydrogens is 390 g/mol. The number of aromatic nitrogens is 1. The number of methoxy groups -OCH3 is 1. The molecule has 0 aliphatic heterocycles. The smallest absolute Gasteiger partial charge is 0.338 e. The summed E-state index contributed by atoms with van der Waals surface area (Å²) in [5.41, 5.74) is 0.176. The minimum Gasteiger partial charge on any atom is -0.465 e. The molecule has 6 nitrogen and oxygen atoms in total. The lowest BCUT2D eigenvalue weighted by Crippen LogP contribution is -2.22. The largest absolute Gasteiger partial charge is 0.465 e. The summed E-state index contributed by atoms with van der Waals surface area (Å²) in [5.74, 6) is 0.419. The first-order chi connectivity index (χ1) is 13.7. The van der Waals surface area contributed by atoms with Gasteiger partial charge in [0.05, 0.1) is 21.9 Å². The Bertz CT molecular complexity index is 1240. The standard InChI is InChI=1S/C22H21NO5S/c1-22(2,3)18(24)12-19-23-20(25)17(29-19)11-13-9-10-16(28-13)14-7-5-6-8-15(14)21(26)27-4/h5-12H,1-4H3,(H,23,25)/b17-11-,19-12-. The highest BCUT2D eigenvalue weighted by Crippen LogP contribution is 2.26. The zero-order valence-corrected chi connectivity index (χ0v) is 17.4. The fraction of sp³-hybridized carbons (Fsp3) is 0.227. The van der Waals surface area contributed by atoms with Crippen LogP contribution in [0.2, 0.25) is 0 Å². The number of carbonyl (C=O) groups is 2. The van der Waals surface area contributed by atoms with Crippen molar-refractivity contribution in [3.63, 3.8) is 0 Å². The monoisotopic (exact) mass is 411 g/mol. The van der Waals surface area contributed by atoms with Gasteiger partial charge in [-0.1, -0.05) is 39.0 Å². The third-order valence-electron chi connectivity index (χ3n) is 4.18. The van der Waals surface area contributed by atoms with Gasteiger partial charge in [-0.3, -0.25) is 9.59 Å². The number of carbonyl (C=O) groups excluding carboxylic acids is 2. The number of rotatable bonds is 4. The fourth-order valence-electron chi connectivity index (χ4n) is 2.55. The molecule has 3 rings (SSSR count). The van der Waals surface area contributed by atoms with Crippen LogP contribution in [0.5, 0.6) is 0 Å². The zero-order chi connectivity index (χ0) is 21.2. The highest BCUT2D eigenvalue weighted by molar-refractivity contribution is 7.07. The third-order valence-corrected chi connectivity index (χ3v) is 5.14. The normalized spacial score (nSPS) is 13.0. The summed E-state index contributed by atoms with van der Waals surface area (Å²) in [6.07, 6.45) is 3.05. The van der Waals surface area contributed by atoms with Crippen LogP contribution in [0.1, 0.15) is 36.9 Å². The lowest BCUT2D eigenvalue weighted by Gasteiger charge is -2.12. The molecule has 7 heteroatoms. The highest BCUT2D eigenvalue weighted by Gasteiger charge is 2.19. The lowest BCUT2D eigenvalue weighted by atomic mass is 9.91. The summed E-state index contributed by atoms with van der Waals surface area (Å²) in [4.78, 5) is 39.0. The van der Waals surface area contributed by atoms with Gasteiger partial charge in [0, 0.05) is 23.1 Å². The molecule has 0 amide bonds. The first kappa shape index (κ1) is 20.5. The molecule has 0 bridgehead atoms. The van der Waals surface area contributed by atoms with E-state index in [1.54, 1.807) is 42.5 Å². The van der Waals surface area contributed by atoms with Gasteiger partial charge >= 0.3 is 5.97 Å².